The van der Waals surface area contributed by atoms with Gasteiger partial charge in [0.25, 0.3) is 0 Å². The molecule has 1 heterocycles. The van der Waals surface area contributed by atoms with Crippen LogP contribution in [0.4, 0.5) is 5.82 Å². The van der Waals surface area contributed by atoms with Gasteiger partial charge in [-0.05, 0) is 28.1 Å². The number of hydrogen-bond donors (Lipinski definition) is 1. The maximum atomic E-state index is 5.75. The summed E-state index contributed by atoms with van der Waals surface area (Å²) >= 11 is 3.42. The molecule has 0 radical (unpaired) electrons. The Bertz CT molecular complexity index is 558. The van der Waals surface area contributed by atoms with Crippen LogP contribution in [0.3, 0.4) is 0 Å². The zero-order chi connectivity index (χ0) is 13.1. The van der Waals surface area contributed by atoms with Gasteiger partial charge in [-0.3, -0.25) is 0 Å². The number of nitrogen functional groups attached to an aromatic ring is 1. The Kier molecular flexibility index (Phi) is 3.81. The van der Waals surface area contributed by atoms with Crippen LogP contribution in [-0.4, -0.2) is 9.97 Å². The number of rotatable bonds is 3. The molecule has 0 fully saturated rings. The van der Waals surface area contributed by atoms with E-state index in [1.54, 1.807) is 6.07 Å². The van der Waals surface area contributed by atoms with E-state index >= 15 is 0 Å². The van der Waals surface area contributed by atoms with Crippen molar-refractivity contribution in [3.63, 3.8) is 0 Å². The first-order valence-corrected chi connectivity index (χ1v) is 6.42. The molecular weight excluding hydrogens is 294 g/mol. The van der Waals surface area contributed by atoms with Gasteiger partial charge in [0.2, 0.25) is 5.88 Å². The van der Waals surface area contributed by atoms with Gasteiger partial charge >= 0.3 is 0 Å². The molecular formula is C13H14BrN3O. The molecule has 0 bridgehead atoms. The van der Waals surface area contributed by atoms with Crippen LogP contribution >= 0.6 is 15.9 Å². The highest BCUT2D eigenvalue weighted by Crippen LogP contribution is 2.29. The Morgan fingerprint density at radius 3 is 2.61 bits per heavy atom. The average Bonchev–Trinajstić information content (AvgIpc) is 2.31. The van der Waals surface area contributed by atoms with E-state index in [-0.39, 0.29) is 5.92 Å². The predicted octanol–water partition coefficient (Wildman–Crippen LogP) is 3.74. The van der Waals surface area contributed by atoms with E-state index < -0.39 is 0 Å². The van der Waals surface area contributed by atoms with Crippen molar-refractivity contribution in [3.8, 4) is 11.6 Å². The predicted molar refractivity (Wildman–Crippen MR) is 74.7 cm³/mol. The Morgan fingerprint density at radius 1 is 1.22 bits per heavy atom. The summed E-state index contributed by atoms with van der Waals surface area (Å²) < 4.78 is 6.57. The van der Waals surface area contributed by atoms with E-state index in [4.69, 9.17) is 10.5 Å². The number of anilines is 1. The molecule has 1 aromatic carbocycles. The first-order valence-electron chi connectivity index (χ1n) is 5.63. The van der Waals surface area contributed by atoms with Gasteiger partial charge in [-0.15, -0.1) is 0 Å². The van der Waals surface area contributed by atoms with Crippen LogP contribution in [0.1, 0.15) is 25.6 Å². The highest BCUT2D eigenvalue weighted by Gasteiger charge is 2.09. The molecule has 0 unspecified atom stereocenters. The summed E-state index contributed by atoms with van der Waals surface area (Å²) in [5, 5.41) is 0. The van der Waals surface area contributed by atoms with E-state index in [2.05, 4.69) is 25.9 Å². The van der Waals surface area contributed by atoms with Crippen molar-refractivity contribution < 1.29 is 4.74 Å². The minimum atomic E-state index is 0.204. The van der Waals surface area contributed by atoms with Gasteiger partial charge in [-0.1, -0.05) is 26.0 Å². The molecule has 0 saturated heterocycles. The number of halogens is 1. The van der Waals surface area contributed by atoms with Crippen LogP contribution in [0.5, 0.6) is 11.6 Å². The maximum absolute atomic E-state index is 5.75. The molecule has 2 aromatic rings. The SMILES string of the molecule is CC(C)c1nc(N)cc(Oc2ccccc2Br)n1. The number of ether oxygens (including phenoxy) is 1. The third kappa shape index (κ3) is 2.98. The lowest BCUT2D eigenvalue weighted by Crippen LogP contribution is -2.03. The summed E-state index contributed by atoms with van der Waals surface area (Å²) in [5.74, 6) is 2.45. The summed E-state index contributed by atoms with van der Waals surface area (Å²) in [5.41, 5.74) is 5.75. The Balaban J connectivity index is 2.32. The summed E-state index contributed by atoms with van der Waals surface area (Å²) in [6.07, 6.45) is 0. The van der Waals surface area contributed by atoms with Gasteiger partial charge < -0.3 is 10.5 Å². The summed E-state index contributed by atoms with van der Waals surface area (Å²) in [6, 6.07) is 9.20. The van der Waals surface area contributed by atoms with Crippen LogP contribution in [-0.2, 0) is 0 Å². The molecule has 5 heteroatoms. The molecule has 0 aliphatic carbocycles. The Labute approximate surface area is 114 Å². The van der Waals surface area contributed by atoms with Gasteiger partial charge in [0.15, 0.2) is 0 Å². The van der Waals surface area contributed by atoms with Crippen molar-refractivity contribution in [2.75, 3.05) is 5.73 Å². The zero-order valence-electron chi connectivity index (χ0n) is 10.2. The summed E-state index contributed by atoms with van der Waals surface area (Å²) in [4.78, 5) is 8.51. The smallest absolute Gasteiger partial charge is 0.224 e. The standard InChI is InChI=1S/C13H14BrN3O/c1-8(2)13-16-11(15)7-12(17-13)18-10-6-4-3-5-9(10)14/h3-8H,1-2H3,(H2,15,16,17). The first-order chi connectivity index (χ1) is 8.56. The van der Waals surface area contributed by atoms with Crippen LogP contribution in [0.15, 0.2) is 34.8 Å². The van der Waals surface area contributed by atoms with Gasteiger partial charge in [-0.25, -0.2) is 4.98 Å². The second-order valence-electron chi connectivity index (χ2n) is 4.18. The van der Waals surface area contributed by atoms with Crippen LogP contribution < -0.4 is 10.5 Å². The van der Waals surface area contributed by atoms with Crippen LogP contribution in [0.25, 0.3) is 0 Å². The summed E-state index contributed by atoms with van der Waals surface area (Å²) in [6.45, 7) is 4.02. The topological polar surface area (TPSA) is 61.0 Å². The molecule has 1 aromatic heterocycles. The van der Waals surface area contributed by atoms with Crippen molar-refractivity contribution in [1.29, 1.82) is 0 Å². The van der Waals surface area contributed by atoms with E-state index in [1.165, 1.54) is 0 Å². The Hall–Kier alpha value is -1.62. The lowest BCUT2D eigenvalue weighted by atomic mass is 10.2. The van der Waals surface area contributed by atoms with E-state index in [0.717, 1.165) is 4.47 Å². The van der Waals surface area contributed by atoms with Crippen LogP contribution in [0, 0.1) is 0 Å². The van der Waals surface area contributed by atoms with Crippen molar-refractivity contribution in [1.82, 2.24) is 9.97 Å². The third-order valence-corrected chi connectivity index (χ3v) is 2.96. The lowest BCUT2D eigenvalue weighted by Gasteiger charge is -2.10. The number of aromatic nitrogens is 2. The quantitative estimate of drug-likeness (QED) is 0.938. The van der Waals surface area contributed by atoms with E-state index in [0.29, 0.717) is 23.3 Å². The van der Waals surface area contributed by atoms with E-state index in [1.807, 2.05) is 38.1 Å². The largest absolute Gasteiger partial charge is 0.438 e. The van der Waals surface area contributed by atoms with Crippen molar-refractivity contribution in [2.24, 2.45) is 0 Å². The number of para-hydroxylation sites is 1. The second kappa shape index (κ2) is 5.35. The number of nitrogens with two attached hydrogens (primary N) is 1. The summed E-state index contributed by atoms with van der Waals surface area (Å²) in [7, 11) is 0. The van der Waals surface area contributed by atoms with Crippen LogP contribution in [0.2, 0.25) is 0 Å². The second-order valence-corrected chi connectivity index (χ2v) is 5.03. The zero-order valence-corrected chi connectivity index (χ0v) is 11.8. The molecule has 18 heavy (non-hydrogen) atoms. The molecule has 2 rings (SSSR count). The molecule has 94 valence electrons. The molecule has 0 spiro atoms. The number of nitrogens with zero attached hydrogens (tertiary/aromatic N) is 2. The minimum absolute atomic E-state index is 0.204. The number of benzene rings is 1. The van der Waals surface area contributed by atoms with Gasteiger partial charge in [0, 0.05) is 12.0 Å². The molecule has 4 nitrogen and oxygen atoms in total. The molecule has 0 aliphatic rings. The molecule has 0 aliphatic heterocycles. The Morgan fingerprint density at radius 2 is 1.94 bits per heavy atom. The monoisotopic (exact) mass is 307 g/mol. The van der Waals surface area contributed by atoms with Gasteiger partial charge in [-0.2, -0.15) is 4.98 Å². The first kappa shape index (κ1) is 12.8. The molecule has 0 amide bonds. The maximum Gasteiger partial charge on any atom is 0.224 e. The van der Waals surface area contributed by atoms with Crippen molar-refractivity contribution in [3.05, 3.63) is 40.6 Å². The normalized spacial score (nSPS) is 10.7. The van der Waals surface area contributed by atoms with Gasteiger partial charge in [0.05, 0.1) is 4.47 Å². The van der Waals surface area contributed by atoms with Gasteiger partial charge in [0.1, 0.15) is 17.4 Å². The molecule has 0 saturated carbocycles. The lowest BCUT2D eigenvalue weighted by molar-refractivity contribution is 0.455. The molecule has 2 N–H and O–H groups in total. The fraction of sp³-hybridized carbons (Fsp3) is 0.231. The highest BCUT2D eigenvalue weighted by atomic mass is 79.9. The fourth-order valence-electron chi connectivity index (χ4n) is 1.41. The van der Waals surface area contributed by atoms with Crippen molar-refractivity contribution >= 4 is 21.7 Å². The average molecular weight is 308 g/mol. The minimum Gasteiger partial charge on any atom is -0.438 e. The van der Waals surface area contributed by atoms with E-state index in [9.17, 15) is 0 Å². The number of hydrogen-bond acceptors (Lipinski definition) is 4. The third-order valence-electron chi connectivity index (χ3n) is 2.31. The highest BCUT2D eigenvalue weighted by molar-refractivity contribution is 9.10. The van der Waals surface area contributed by atoms with Crippen molar-refractivity contribution in [2.45, 2.75) is 19.8 Å². The fourth-order valence-corrected chi connectivity index (χ4v) is 1.78. The molecule has 0 atom stereocenters.